The van der Waals surface area contributed by atoms with Crippen LogP contribution in [0.3, 0.4) is 0 Å². The Morgan fingerprint density at radius 3 is 1.18 bits per heavy atom. The number of rotatable bonds is 9. The molecular formula is C31H40F3O3PS. The highest BCUT2D eigenvalue weighted by Gasteiger charge is 2.37. The summed E-state index contributed by atoms with van der Waals surface area (Å²) < 4.78 is 58.9. The predicted octanol–water partition coefficient (Wildman–Crippen LogP) is 6.60. The first-order chi connectivity index (χ1) is 18.4. The first-order valence-corrected chi connectivity index (χ1v) is 16.5. The lowest BCUT2D eigenvalue weighted by Gasteiger charge is -2.23. The molecule has 0 heterocycles. The van der Waals surface area contributed by atoms with Gasteiger partial charge < -0.3 is 4.55 Å². The van der Waals surface area contributed by atoms with Crippen LogP contribution in [0.1, 0.15) is 74.9 Å². The molecule has 0 aromatic heterocycles. The van der Waals surface area contributed by atoms with Crippen LogP contribution < -0.4 is 15.9 Å². The summed E-state index contributed by atoms with van der Waals surface area (Å²) in [6.45, 7) is 13.9. The summed E-state index contributed by atoms with van der Waals surface area (Å²) in [6, 6.07) is 21.4. The van der Waals surface area contributed by atoms with Gasteiger partial charge in [0.25, 0.3) is 0 Å². The Labute approximate surface area is 233 Å². The number of halogens is 3. The van der Waals surface area contributed by atoms with Crippen molar-refractivity contribution in [2.75, 3.05) is 0 Å². The van der Waals surface area contributed by atoms with Crippen LogP contribution in [0.4, 0.5) is 13.2 Å². The van der Waals surface area contributed by atoms with Crippen LogP contribution >= 0.6 is 7.92 Å². The van der Waals surface area contributed by atoms with Gasteiger partial charge >= 0.3 is 5.51 Å². The number of benzene rings is 3. The number of hydrogen-bond donors (Lipinski definition) is 0. The van der Waals surface area contributed by atoms with E-state index in [2.05, 4.69) is 96.1 Å². The second kappa shape index (κ2) is 14.4. The van der Waals surface area contributed by atoms with E-state index < -0.39 is 23.5 Å². The lowest BCUT2D eigenvalue weighted by Crippen LogP contribution is -2.30. The molecule has 0 amide bonds. The van der Waals surface area contributed by atoms with Crippen molar-refractivity contribution in [1.29, 1.82) is 0 Å². The van der Waals surface area contributed by atoms with Gasteiger partial charge in [-0.1, -0.05) is 84.0 Å². The Balaban J connectivity index is 0.000000580. The Kier molecular flexibility index (Phi) is 12.2. The highest BCUT2D eigenvalue weighted by molar-refractivity contribution is 7.86. The van der Waals surface area contributed by atoms with E-state index in [-0.39, 0.29) is 0 Å². The Morgan fingerprint density at radius 1 is 0.641 bits per heavy atom. The highest BCUT2D eigenvalue weighted by atomic mass is 32.2. The van der Waals surface area contributed by atoms with Crippen LogP contribution in [0.2, 0.25) is 0 Å². The van der Waals surface area contributed by atoms with Crippen molar-refractivity contribution in [2.45, 2.75) is 85.6 Å². The molecule has 0 radical (unpaired) electrons. The van der Waals surface area contributed by atoms with Gasteiger partial charge in [-0.25, -0.2) is 8.42 Å². The number of aryl methyl sites for hydroxylation is 6. The van der Waals surface area contributed by atoms with Crippen LogP contribution in [-0.4, -0.2) is 18.5 Å². The third kappa shape index (κ3) is 8.15. The van der Waals surface area contributed by atoms with Gasteiger partial charge in [-0.2, -0.15) is 13.2 Å². The largest absolute Gasteiger partial charge is 0.741 e. The van der Waals surface area contributed by atoms with Crippen molar-refractivity contribution in [3.05, 3.63) is 88.0 Å². The summed E-state index contributed by atoms with van der Waals surface area (Å²) in [4.78, 5) is 0. The molecule has 0 spiro atoms. The van der Waals surface area contributed by atoms with E-state index in [1.54, 1.807) is 32.9 Å². The molecule has 0 atom stereocenters. The van der Waals surface area contributed by atoms with E-state index >= 15 is 0 Å². The van der Waals surface area contributed by atoms with Gasteiger partial charge in [0.15, 0.2) is 10.1 Å². The lowest BCUT2D eigenvalue weighted by molar-refractivity contribution is -0.0517. The molecule has 0 N–H and O–H groups in total. The second-order valence-corrected chi connectivity index (χ2v) is 13.0. The van der Waals surface area contributed by atoms with Crippen LogP contribution in [0, 0.1) is 0 Å². The van der Waals surface area contributed by atoms with Gasteiger partial charge in [-0.15, -0.1) is 0 Å². The van der Waals surface area contributed by atoms with Crippen LogP contribution in [0.5, 0.6) is 0 Å². The lowest BCUT2D eigenvalue weighted by atomic mass is 10.0. The summed E-state index contributed by atoms with van der Waals surface area (Å²) >= 11 is 0. The minimum atomic E-state index is -6.09. The third-order valence-electron chi connectivity index (χ3n) is 6.91. The summed E-state index contributed by atoms with van der Waals surface area (Å²) in [5, 5.41) is 4.84. The first kappa shape index (κ1) is 33.0. The maximum Gasteiger partial charge on any atom is 0.485 e. The maximum absolute atomic E-state index is 10.7. The SMILES string of the molecule is CCc1cc(CC)c([PH+](c2ccccc2)c2c(CC)cc(CC)cc2CC)c(CC)c1.O=S(=O)([O-])C(F)(F)F. The van der Waals surface area contributed by atoms with Gasteiger partial charge in [0.05, 0.1) is 7.92 Å². The predicted molar refractivity (Wildman–Crippen MR) is 159 cm³/mol. The Bertz CT molecular complexity index is 1220. The minimum Gasteiger partial charge on any atom is -0.741 e. The van der Waals surface area contributed by atoms with Crippen LogP contribution in [-0.2, 0) is 48.6 Å². The Hall–Kier alpha value is -2.21. The highest BCUT2D eigenvalue weighted by Crippen LogP contribution is 2.40. The normalized spacial score (nSPS) is 11.9. The van der Waals surface area contributed by atoms with Crippen molar-refractivity contribution in [1.82, 2.24) is 0 Å². The van der Waals surface area contributed by atoms with E-state index in [0.29, 0.717) is 0 Å². The zero-order chi connectivity index (χ0) is 29.4. The zero-order valence-electron chi connectivity index (χ0n) is 23.7. The molecule has 3 rings (SSSR count). The monoisotopic (exact) mass is 580 g/mol. The van der Waals surface area contributed by atoms with Gasteiger partial charge in [0.1, 0.15) is 15.9 Å². The zero-order valence-corrected chi connectivity index (χ0v) is 25.5. The number of alkyl halides is 3. The molecule has 0 aliphatic heterocycles. The third-order valence-corrected chi connectivity index (χ3v) is 10.7. The van der Waals surface area contributed by atoms with Crippen LogP contribution in [0.25, 0.3) is 0 Å². The van der Waals surface area contributed by atoms with Crippen molar-refractivity contribution in [2.24, 2.45) is 0 Å². The average molecular weight is 581 g/mol. The summed E-state index contributed by atoms with van der Waals surface area (Å²) in [5.41, 5.74) is 3.59. The minimum absolute atomic E-state index is 1.09. The van der Waals surface area contributed by atoms with E-state index in [1.807, 2.05) is 0 Å². The Morgan fingerprint density at radius 2 is 0.949 bits per heavy atom. The van der Waals surface area contributed by atoms with E-state index in [4.69, 9.17) is 13.0 Å². The smallest absolute Gasteiger partial charge is 0.485 e. The fraction of sp³-hybridized carbons (Fsp3) is 0.419. The molecule has 0 aliphatic rings. The molecular weight excluding hydrogens is 540 g/mol. The van der Waals surface area contributed by atoms with Gasteiger partial charge in [0.2, 0.25) is 0 Å². The maximum atomic E-state index is 10.7. The van der Waals surface area contributed by atoms with Gasteiger partial charge in [-0.3, -0.25) is 0 Å². The topological polar surface area (TPSA) is 57.2 Å². The average Bonchev–Trinajstić information content (AvgIpc) is 2.92. The van der Waals surface area contributed by atoms with Crippen molar-refractivity contribution < 1.29 is 26.1 Å². The first-order valence-electron chi connectivity index (χ1n) is 13.6. The molecule has 0 unspecified atom stereocenters. The van der Waals surface area contributed by atoms with E-state index in [0.717, 1.165) is 38.5 Å². The molecule has 0 bridgehead atoms. The number of hydrogen-bond acceptors (Lipinski definition) is 3. The van der Waals surface area contributed by atoms with Gasteiger partial charge in [-0.05, 0) is 84.0 Å². The van der Waals surface area contributed by atoms with Crippen LogP contribution in [0.15, 0.2) is 54.6 Å². The second-order valence-electron chi connectivity index (χ2n) is 9.34. The van der Waals surface area contributed by atoms with Crippen molar-refractivity contribution in [3.8, 4) is 0 Å². The molecule has 214 valence electrons. The summed E-state index contributed by atoms with van der Waals surface area (Å²) in [5.74, 6) is 0. The fourth-order valence-electron chi connectivity index (χ4n) is 4.86. The summed E-state index contributed by atoms with van der Waals surface area (Å²) in [7, 11) is -7.18. The standard InChI is InChI=1S/C30H39P.CHF3O3S/c1-7-22-18-24(9-3)29(25(10-4)19-22)31(28-16-14-13-15-17-28)30-26(11-5)20-23(8-2)21-27(30)12-6;2-1(3,4)8(5,6)7/h13-21H,7-12H2,1-6H3;(H,5,6,7). The molecule has 0 fully saturated rings. The summed E-state index contributed by atoms with van der Waals surface area (Å²) in [6.07, 6.45) is 6.64. The fourth-order valence-corrected chi connectivity index (χ4v) is 8.50. The van der Waals surface area contributed by atoms with E-state index in [1.165, 1.54) is 16.4 Å². The molecule has 3 aromatic rings. The molecule has 39 heavy (non-hydrogen) atoms. The van der Waals surface area contributed by atoms with E-state index in [9.17, 15) is 13.2 Å². The molecule has 0 aliphatic carbocycles. The molecule has 3 nitrogen and oxygen atoms in total. The molecule has 8 heteroatoms. The molecule has 3 aromatic carbocycles. The quantitative estimate of drug-likeness (QED) is 0.163. The molecule has 0 saturated heterocycles. The van der Waals surface area contributed by atoms with Gasteiger partial charge in [0, 0.05) is 0 Å². The van der Waals surface area contributed by atoms with Crippen molar-refractivity contribution >= 4 is 34.0 Å². The van der Waals surface area contributed by atoms with Crippen molar-refractivity contribution in [3.63, 3.8) is 0 Å². The molecule has 0 saturated carbocycles.